The van der Waals surface area contributed by atoms with Crippen molar-refractivity contribution < 1.29 is 9.15 Å². The quantitative estimate of drug-likeness (QED) is 0.552. The van der Waals surface area contributed by atoms with Gasteiger partial charge in [0, 0.05) is 30.8 Å². The normalized spacial score (nSPS) is 16.7. The molecule has 0 amide bonds. The van der Waals surface area contributed by atoms with Crippen molar-refractivity contribution in [3.05, 3.63) is 41.4 Å². The van der Waals surface area contributed by atoms with E-state index in [1.807, 2.05) is 18.2 Å². The van der Waals surface area contributed by atoms with Crippen LogP contribution in [0, 0.1) is 0 Å². The molecule has 1 aromatic carbocycles. The molecule has 0 radical (unpaired) electrons. The van der Waals surface area contributed by atoms with Crippen molar-refractivity contribution in [3.8, 4) is 5.75 Å². The lowest BCUT2D eigenvalue weighted by atomic mass is 10.2. The van der Waals surface area contributed by atoms with E-state index >= 15 is 0 Å². The topological polar surface area (TPSA) is 108 Å². The number of nitrogens with two attached hydrogens (primary N) is 1. The van der Waals surface area contributed by atoms with Gasteiger partial charge in [0.15, 0.2) is 17.4 Å². The molecule has 1 aliphatic carbocycles. The fourth-order valence-corrected chi connectivity index (χ4v) is 3.98. The zero-order chi connectivity index (χ0) is 19.5. The van der Waals surface area contributed by atoms with Crippen LogP contribution in [0.25, 0.3) is 16.6 Å². The van der Waals surface area contributed by atoms with Crippen molar-refractivity contribution in [2.24, 2.45) is 0 Å². The number of aromatic nitrogens is 5. The predicted molar refractivity (Wildman–Crippen MR) is 106 cm³/mol. The van der Waals surface area contributed by atoms with Gasteiger partial charge in [0.1, 0.15) is 17.0 Å². The van der Waals surface area contributed by atoms with E-state index in [1.165, 1.54) is 12.8 Å². The van der Waals surface area contributed by atoms with Crippen LogP contribution in [-0.2, 0) is 19.5 Å². The Morgan fingerprint density at radius 2 is 2.10 bits per heavy atom. The first kappa shape index (κ1) is 16.7. The average Bonchev–Trinajstić information content (AvgIpc) is 3.18. The molecule has 0 spiro atoms. The number of oxazole rings is 1. The summed E-state index contributed by atoms with van der Waals surface area (Å²) < 4.78 is 13.0. The number of nitrogen functional groups attached to an aromatic ring is 1. The standard InChI is InChI=1S/C20H21N7O2/c1-28-14-4-2-3-12-17(14)24-20(21)27-18(12)23-16(25-27)7-8-26-9-13-15(10-26)29-19(22-13)11-5-6-11/h2-4,11H,5-10H2,1H3,(H2,21,24). The minimum atomic E-state index is 0.299. The lowest BCUT2D eigenvalue weighted by molar-refractivity contribution is 0.263. The Balaban J connectivity index is 1.23. The van der Waals surface area contributed by atoms with Gasteiger partial charge in [0.25, 0.3) is 0 Å². The highest BCUT2D eigenvalue weighted by atomic mass is 16.5. The fourth-order valence-electron chi connectivity index (χ4n) is 3.98. The van der Waals surface area contributed by atoms with Gasteiger partial charge in [-0.3, -0.25) is 4.90 Å². The van der Waals surface area contributed by atoms with Crippen LogP contribution in [-0.4, -0.2) is 43.1 Å². The number of rotatable bonds is 5. The van der Waals surface area contributed by atoms with Crippen molar-refractivity contribution in [2.45, 2.75) is 38.3 Å². The Bertz CT molecular complexity index is 1220. The highest BCUT2D eigenvalue weighted by Gasteiger charge is 2.33. The second-order valence-corrected chi connectivity index (χ2v) is 7.75. The molecule has 0 saturated heterocycles. The van der Waals surface area contributed by atoms with Gasteiger partial charge < -0.3 is 14.9 Å². The van der Waals surface area contributed by atoms with E-state index < -0.39 is 0 Å². The number of benzene rings is 1. The number of anilines is 1. The fraction of sp³-hybridized carbons (Fsp3) is 0.400. The molecule has 4 aromatic rings. The maximum absolute atomic E-state index is 6.13. The summed E-state index contributed by atoms with van der Waals surface area (Å²) in [5.74, 6) is 4.22. The summed E-state index contributed by atoms with van der Waals surface area (Å²) in [5.41, 5.74) is 8.61. The van der Waals surface area contributed by atoms with E-state index in [4.69, 9.17) is 19.9 Å². The Kier molecular flexibility index (Phi) is 3.55. The van der Waals surface area contributed by atoms with Gasteiger partial charge in [-0.2, -0.15) is 4.52 Å². The molecule has 9 nitrogen and oxygen atoms in total. The predicted octanol–water partition coefficient (Wildman–Crippen LogP) is 2.29. The first-order chi connectivity index (χ1) is 14.2. The van der Waals surface area contributed by atoms with Crippen LogP contribution >= 0.6 is 0 Å². The number of fused-ring (bicyclic) bond motifs is 4. The monoisotopic (exact) mass is 391 g/mol. The molecule has 6 rings (SSSR count). The second-order valence-electron chi connectivity index (χ2n) is 7.75. The lowest BCUT2D eigenvalue weighted by Crippen LogP contribution is -2.20. The molecule has 0 unspecified atom stereocenters. The molecule has 2 aliphatic rings. The number of para-hydroxylation sites is 1. The van der Waals surface area contributed by atoms with Gasteiger partial charge in [-0.05, 0) is 25.0 Å². The van der Waals surface area contributed by atoms with Crippen LogP contribution < -0.4 is 10.5 Å². The maximum atomic E-state index is 6.13. The summed E-state index contributed by atoms with van der Waals surface area (Å²) in [4.78, 5) is 16.2. The highest BCUT2D eigenvalue weighted by Crippen LogP contribution is 2.41. The Hall–Kier alpha value is -3.20. The summed E-state index contributed by atoms with van der Waals surface area (Å²) in [5, 5.41) is 5.44. The molecule has 9 heteroatoms. The third-order valence-electron chi connectivity index (χ3n) is 5.67. The van der Waals surface area contributed by atoms with Crippen LogP contribution in [0.5, 0.6) is 5.75 Å². The van der Waals surface area contributed by atoms with Gasteiger partial charge >= 0.3 is 0 Å². The summed E-state index contributed by atoms with van der Waals surface area (Å²) in [7, 11) is 1.62. The zero-order valence-corrected chi connectivity index (χ0v) is 16.1. The zero-order valence-electron chi connectivity index (χ0n) is 16.1. The van der Waals surface area contributed by atoms with E-state index in [1.54, 1.807) is 11.6 Å². The molecule has 148 valence electrons. The number of hydrogen-bond donors (Lipinski definition) is 1. The van der Waals surface area contributed by atoms with Crippen LogP contribution in [0.15, 0.2) is 22.6 Å². The minimum absolute atomic E-state index is 0.299. The van der Waals surface area contributed by atoms with Gasteiger partial charge in [-0.15, -0.1) is 5.10 Å². The summed E-state index contributed by atoms with van der Waals surface area (Å²) in [6.07, 6.45) is 3.13. The van der Waals surface area contributed by atoms with Gasteiger partial charge in [-0.25, -0.2) is 15.0 Å². The molecule has 0 bridgehead atoms. The molecule has 2 N–H and O–H groups in total. The van der Waals surface area contributed by atoms with E-state index in [0.717, 1.165) is 48.2 Å². The molecular weight excluding hydrogens is 370 g/mol. The van der Waals surface area contributed by atoms with Crippen molar-refractivity contribution >= 4 is 22.5 Å². The summed E-state index contributed by atoms with van der Waals surface area (Å²) in [6, 6.07) is 5.74. The third-order valence-corrected chi connectivity index (χ3v) is 5.67. The Morgan fingerprint density at radius 3 is 2.90 bits per heavy atom. The van der Waals surface area contributed by atoms with Crippen molar-refractivity contribution in [1.29, 1.82) is 0 Å². The molecule has 29 heavy (non-hydrogen) atoms. The molecule has 4 heterocycles. The molecule has 1 saturated carbocycles. The molecule has 1 fully saturated rings. The highest BCUT2D eigenvalue weighted by molar-refractivity contribution is 5.95. The average molecular weight is 391 g/mol. The van der Waals surface area contributed by atoms with E-state index in [-0.39, 0.29) is 0 Å². The first-order valence-corrected chi connectivity index (χ1v) is 9.88. The molecule has 0 atom stereocenters. The summed E-state index contributed by atoms with van der Waals surface area (Å²) >= 11 is 0. The SMILES string of the molecule is COc1cccc2c1nc(N)n1nc(CCN3Cc4nc(C5CC5)oc4C3)nc21. The van der Waals surface area contributed by atoms with E-state index in [9.17, 15) is 0 Å². The largest absolute Gasteiger partial charge is 0.494 e. The Morgan fingerprint density at radius 1 is 1.21 bits per heavy atom. The van der Waals surface area contributed by atoms with Crippen molar-refractivity contribution in [2.75, 3.05) is 19.4 Å². The van der Waals surface area contributed by atoms with E-state index in [2.05, 4.69) is 20.0 Å². The lowest BCUT2D eigenvalue weighted by Gasteiger charge is -2.12. The second kappa shape index (κ2) is 6.15. The van der Waals surface area contributed by atoms with Gasteiger partial charge in [0.2, 0.25) is 5.95 Å². The summed E-state index contributed by atoms with van der Waals surface area (Å²) in [6.45, 7) is 2.45. The minimum Gasteiger partial charge on any atom is -0.494 e. The van der Waals surface area contributed by atoms with Crippen LogP contribution in [0.2, 0.25) is 0 Å². The number of methoxy groups -OCH3 is 1. The number of nitrogens with zero attached hydrogens (tertiary/aromatic N) is 6. The van der Waals surface area contributed by atoms with Gasteiger partial charge in [-0.1, -0.05) is 6.07 Å². The first-order valence-electron chi connectivity index (χ1n) is 9.88. The van der Waals surface area contributed by atoms with Crippen molar-refractivity contribution in [3.63, 3.8) is 0 Å². The molecule has 1 aliphatic heterocycles. The number of hydrogen-bond acceptors (Lipinski definition) is 8. The van der Waals surface area contributed by atoms with E-state index in [0.29, 0.717) is 35.2 Å². The van der Waals surface area contributed by atoms with Crippen LogP contribution in [0.1, 0.15) is 41.9 Å². The van der Waals surface area contributed by atoms with Gasteiger partial charge in [0.05, 0.1) is 19.3 Å². The maximum Gasteiger partial charge on any atom is 0.223 e. The van der Waals surface area contributed by atoms with Crippen LogP contribution in [0.3, 0.4) is 0 Å². The van der Waals surface area contributed by atoms with Crippen molar-refractivity contribution in [1.82, 2.24) is 29.5 Å². The number of ether oxygens (including phenoxy) is 1. The molecular formula is C20H21N7O2. The third kappa shape index (κ3) is 2.72. The Labute approximate surface area is 166 Å². The molecule has 3 aromatic heterocycles. The van der Waals surface area contributed by atoms with Crippen LogP contribution in [0.4, 0.5) is 5.95 Å². The smallest absolute Gasteiger partial charge is 0.223 e.